The average molecular weight is 330 g/mol. The summed E-state index contributed by atoms with van der Waals surface area (Å²) in [5, 5.41) is 9.15. The summed E-state index contributed by atoms with van der Waals surface area (Å²) < 4.78 is 43.6. The van der Waals surface area contributed by atoms with E-state index in [-0.39, 0.29) is 22.7 Å². The molecule has 0 saturated heterocycles. The third-order valence-corrected chi connectivity index (χ3v) is 2.84. The molecule has 1 atom stereocenters. The molecule has 1 N–H and O–H groups in total. The van der Waals surface area contributed by atoms with Crippen LogP contribution in [0.5, 0.6) is 5.75 Å². The molecule has 0 saturated carbocycles. The van der Waals surface area contributed by atoms with Gasteiger partial charge in [-0.3, -0.25) is 0 Å². The minimum Gasteiger partial charge on any atom is -0.433 e. The molecular formula is C13H16F2N4O2S. The van der Waals surface area contributed by atoms with Crippen LogP contribution in [0.2, 0.25) is 0 Å². The zero-order valence-corrected chi connectivity index (χ0v) is 13.2. The quantitative estimate of drug-likeness (QED) is 0.492. The summed E-state index contributed by atoms with van der Waals surface area (Å²) in [5.74, 6) is 3.07. The van der Waals surface area contributed by atoms with Crippen molar-refractivity contribution in [3.8, 4) is 11.8 Å². The Morgan fingerprint density at radius 3 is 2.64 bits per heavy atom. The number of benzene rings is 1. The van der Waals surface area contributed by atoms with E-state index in [1.54, 1.807) is 25.1 Å². The summed E-state index contributed by atoms with van der Waals surface area (Å²) in [7, 11) is 0.794. The second kappa shape index (κ2) is 7.09. The minimum absolute atomic E-state index is 0.112. The lowest BCUT2D eigenvalue weighted by Crippen LogP contribution is -2.11. The summed E-state index contributed by atoms with van der Waals surface area (Å²) in [4.78, 5) is 5.65. The van der Waals surface area contributed by atoms with Gasteiger partial charge in [-0.25, -0.2) is 9.20 Å². The topological polar surface area (TPSA) is 77.7 Å². The Balaban J connectivity index is 3.44. The first-order chi connectivity index (χ1) is 10.1. The van der Waals surface area contributed by atoms with Crippen molar-refractivity contribution >= 4 is 33.3 Å². The van der Waals surface area contributed by atoms with Crippen molar-refractivity contribution in [2.45, 2.75) is 6.61 Å². The van der Waals surface area contributed by atoms with E-state index in [9.17, 15) is 13.0 Å². The summed E-state index contributed by atoms with van der Waals surface area (Å²) in [5.41, 5.74) is 0.180. The molecule has 1 unspecified atom stereocenters. The molecule has 120 valence electrons. The molecule has 1 rings (SSSR count). The standard InChI is InChI=1S/C13H16F2N4O2S/c1-19(2)8-17-11-5-9(18-22(3,4)20)6-12(10(11)7-16)21-13(14)15/h5-6,8,13H,3H2,1-2,4H3,(H,18,20). The fourth-order valence-corrected chi connectivity index (χ4v) is 2.11. The molecule has 6 nitrogen and oxygen atoms in total. The van der Waals surface area contributed by atoms with Gasteiger partial charge in [-0.1, -0.05) is 0 Å². The Morgan fingerprint density at radius 2 is 2.18 bits per heavy atom. The molecule has 22 heavy (non-hydrogen) atoms. The third-order valence-electron chi connectivity index (χ3n) is 2.17. The van der Waals surface area contributed by atoms with Gasteiger partial charge in [0.15, 0.2) is 0 Å². The molecule has 0 aliphatic heterocycles. The summed E-state index contributed by atoms with van der Waals surface area (Å²) in [6, 6.07) is 4.35. The average Bonchev–Trinajstić information content (AvgIpc) is 2.33. The number of nitriles is 1. The number of ether oxygens (including phenoxy) is 1. The number of rotatable bonds is 6. The summed E-state index contributed by atoms with van der Waals surface area (Å²) >= 11 is 0. The van der Waals surface area contributed by atoms with E-state index >= 15 is 0 Å². The van der Waals surface area contributed by atoms with Crippen LogP contribution in [0.4, 0.5) is 20.2 Å². The molecular weight excluding hydrogens is 314 g/mol. The highest BCUT2D eigenvalue weighted by Gasteiger charge is 2.16. The molecule has 0 aliphatic carbocycles. The first-order valence-electron chi connectivity index (χ1n) is 5.96. The van der Waals surface area contributed by atoms with Crippen LogP contribution in [-0.4, -0.2) is 48.3 Å². The van der Waals surface area contributed by atoms with Gasteiger partial charge in [-0.05, 0) is 11.9 Å². The lowest BCUT2D eigenvalue weighted by atomic mass is 10.1. The van der Waals surface area contributed by atoms with E-state index in [4.69, 9.17) is 5.26 Å². The van der Waals surface area contributed by atoms with Crippen LogP contribution in [0.15, 0.2) is 17.1 Å². The van der Waals surface area contributed by atoms with Crippen molar-refractivity contribution in [2.24, 2.45) is 4.99 Å². The van der Waals surface area contributed by atoms with Crippen molar-refractivity contribution in [1.29, 1.82) is 5.26 Å². The number of hydrogen-bond donors (Lipinski definition) is 1. The predicted octanol–water partition coefficient (Wildman–Crippen LogP) is 2.05. The molecule has 0 spiro atoms. The first-order valence-corrected chi connectivity index (χ1v) is 8.09. The Hall–Kier alpha value is -2.34. The van der Waals surface area contributed by atoms with Gasteiger partial charge in [0.25, 0.3) is 0 Å². The maximum absolute atomic E-state index is 12.5. The van der Waals surface area contributed by atoms with Crippen LogP contribution >= 0.6 is 0 Å². The highest BCUT2D eigenvalue weighted by molar-refractivity contribution is 8.00. The van der Waals surface area contributed by atoms with Crippen molar-refractivity contribution in [3.05, 3.63) is 17.7 Å². The summed E-state index contributed by atoms with van der Waals surface area (Å²) in [6.07, 6.45) is 2.75. The number of halogens is 2. The Morgan fingerprint density at radius 1 is 1.55 bits per heavy atom. The van der Waals surface area contributed by atoms with E-state index in [1.807, 2.05) is 0 Å². The number of alkyl halides is 2. The number of aliphatic imine (C=N–C) groups is 1. The van der Waals surface area contributed by atoms with Crippen LogP contribution in [0.25, 0.3) is 0 Å². The second-order valence-electron chi connectivity index (χ2n) is 4.67. The third kappa shape index (κ3) is 5.57. The smallest absolute Gasteiger partial charge is 0.387 e. The van der Waals surface area contributed by atoms with E-state index in [0.29, 0.717) is 0 Å². The number of anilines is 1. The van der Waals surface area contributed by atoms with Crippen LogP contribution < -0.4 is 9.46 Å². The van der Waals surface area contributed by atoms with E-state index < -0.39 is 16.3 Å². The van der Waals surface area contributed by atoms with Crippen LogP contribution in [0.3, 0.4) is 0 Å². The number of nitrogens with zero attached hydrogens (tertiary/aromatic N) is 3. The molecule has 0 heterocycles. The van der Waals surface area contributed by atoms with Crippen molar-refractivity contribution in [1.82, 2.24) is 4.90 Å². The molecule has 0 amide bonds. The summed E-state index contributed by atoms with van der Waals surface area (Å²) in [6.45, 7) is -3.10. The van der Waals surface area contributed by atoms with Crippen LogP contribution in [0.1, 0.15) is 5.56 Å². The molecule has 0 aromatic heterocycles. The normalized spacial score (nSPS) is 13.7. The fourth-order valence-electron chi connectivity index (χ4n) is 1.49. The van der Waals surface area contributed by atoms with Crippen LogP contribution in [0, 0.1) is 11.3 Å². The molecule has 1 aromatic carbocycles. The number of hydrogen-bond acceptors (Lipinski definition) is 4. The minimum atomic E-state index is -3.10. The van der Waals surface area contributed by atoms with E-state index in [0.717, 1.165) is 6.07 Å². The lowest BCUT2D eigenvalue weighted by molar-refractivity contribution is -0.0499. The molecule has 0 radical (unpaired) electrons. The van der Waals surface area contributed by atoms with Gasteiger partial charge in [0.1, 0.15) is 17.4 Å². The van der Waals surface area contributed by atoms with Gasteiger partial charge in [0.05, 0.1) is 17.7 Å². The molecule has 0 fully saturated rings. The van der Waals surface area contributed by atoms with Gasteiger partial charge in [0.2, 0.25) is 0 Å². The predicted molar refractivity (Wildman–Crippen MR) is 84.4 cm³/mol. The first kappa shape index (κ1) is 17.7. The number of nitrogens with one attached hydrogen (secondary N) is 1. The second-order valence-corrected chi connectivity index (χ2v) is 6.89. The van der Waals surface area contributed by atoms with E-state index in [2.05, 4.69) is 20.3 Å². The van der Waals surface area contributed by atoms with Crippen molar-refractivity contribution < 1.29 is 17.7 Å². The molecule has 9 heteroatoms. The SMILES string of the molecule is C=S(C)(=O)Nc1cc(N=CN(C)C)c(C#N)c(OC(F)F)c1. The van der Waals surface area contributed by atoms with E-state index in [1.165, 1.54) is 18.7 Å². The Kier molecular flexibility index (Phi) is 5.70. The highest BCUT2D eigenvalue weighted by Crippen LogP contribution is 2.33. The fraction of sp³-hybridized carbons (Fsp3) is 0.308. The highest BCUT2D eigenvalue weighted by atomic mass is 32.2. The maximum Gasteiger partial charge on any atom is 0.387 e. The Labute approximate surface area is 128 Å². The lowest BCUT2D eigenvalue weighted by Gasteiger charge is -2.13. The maximum atomic E-state index is 12.5. The molecule has 0 bridgehead atoms. The van der Waals surface area contributed by atoms with Gasteiger partial charge in [0, 0.05) is 36.1 Å². The zero-order chi connectivity index (χ0) is 16.9. The monoisotopic (exact) mass is 330 g/mol. The zero-order valence-electron chi connectivity index (χ0n) is 12.3. The van der Waals surface area contributed by atoms with Crippen molar-refractivity contribution in [2.75, 3.05) is 25.1 Å². The van der Waals surface area contributed by atoms with Gasteiger partial charge < -0.3 is 14.4 Å². The molecule has 1 aromatic rings. The van der Waals surface area contributed by atoms with Crippen molar-refractivity contribution in [3.63, 3.8) is 0 Å². The Bertz CT molecular complexity index is 709. The largest absolute Gasteiger partial charge is 0.433 e. The van der Waals surface area contributed by atoms with Gasteiger partial charge in [-0.2, -0.15) is 14.0 Å². The van der Waals surface area contributed by atoms with Crippen LogP contribution in [-0.2, 0) is 9.71 Å². The molecule has 0 aliphatic rings. The van der Waals surface area contributed by atoms with Gasteiger partial charge in [-0.15, -0.1) is 0 Å². The van der Waals surface area contributed by atoms with Gasteiger partial charge >= 0.3 is 6.61 Å².